The highest BCUT2D eigenvalue weighted by Crippen LogP contribution is 2.28. The number of nitrogens with zero attached hydrogens (tertiary/aromatic N) is 1. The third kappa shape index (κ3) is 5.12. The zero-order valence-corrected chi connectivity index (χ0v) is 13.3. The van der Waals surface area contributed by atoms with E-state index in [1.807, 2.05) is 6.92 Å². The summed E-state index contributed by atoms with van der Waals surface area (Å²) in [5.74, 6) is 0. The summed E-state index contributed by atoms with van der Waals surface area (Å²) in [6.45, 7) is 3.45. The normalized spacial score (nSPS) is 19.3. The van der Waals surface area contributed by atoms with Gasteiger partial charge >= 0.3 is 6.18 Å². The Hall–Kier alpha value is -0.830. The summed E-state index contributed by atoms with van der Waals surface area (Å²) in [5.41, 5.74) is -1.13. The second kappa shape index (κ2) is 7.63. The Bertz CT molecular complexity index is 479. The van der Waals surface area contributed by atoms with Crippen LogP contribution in [0, 0.1) is 0 Å². The summed E-state index contributed by atoms with van der Waals surface area (Å²) in [7, 11) is 0. The molecule has 2 rings (SSSR count). The van der Waals surface area contributed by atoms with Crippen molar-refractivity contribution in [2.75, 3.05) is 19.8 Å². The molecule has 0 aromatic carbocycles. The molecular weight excluding hydrogens is 317 g/mol. The number of alkyl halides is 3. The van der Waals surface area contributed by atoms with Crippen LogP contribution in [0.3, 0.4) is 0 Å². The first-order chi connectivity index (χ1) is 9.80. The van der Waals surface area contributed by atoms with E-state index in [9.17, 15) is 18.3 Å². The second-order valence-electron chi connectivity index (χ2n) is 5.52. The van der Waals surface area contributed by atoms with Crippen molar-refractivity contribution in [3.8, 4) is 0 Å². The highest BCUT2D eigenvalue weighted by atomic mass is 32.1. The molecule has 1 aromatic heterocycles. The highest BCUT2D eigenvalue weighted by molar-refractivity contribution is 7.59. The van der Waals surface area contributed by atoms with Gasteiger partial charge < -0.3 is 15.2 Å². The van der Waals surface area contributed by atoms with E-state index in [4.69, 9.17) is 4.74 Å². The molecule has 22 heavy (non-hydrogen) atoms. The number of aliphatic hydroxyl groups excluding tert-OH is 1. The first kappa shape index (κ1) is 19.2. The average Bonchev–Trinajstić information content (AvgIpc) is 2.45. The molecule has 0 saturated carbocycles. The molecule has 8 heteroatoms. The van der Waals surface area contributed by atoms with Gasteiger partial charge in [0.25, 0.3) is 0 Å². The lowest BCUT2D eigenvalue weighted by Crippen LogP contribution is -2.48. The van der Waals surface area contributed by atoms with Crippen molar-refractivity contribution < 1.29 is 23.0 Å². The zero-order chi connectivity index (χ0) is 15.5. The zero-order valence-electron chi connectivity index (χ0n) is 12.3. The van der Waals surface area contributed by atoms with E-state index in [2.05, 4.69) is 10.3 Å². The molecule has 1 aromatic rings. The van der Waals surface area contributed by atoms with Crippen LogP contribution in [0.25, 0.3) is 0 Å². The van der Waals surface area contributed by atoms with Crippen LogP contribution in [0.1, 0.15) is 37.3 Å². The van der Waals surface area contributed by atoms with Crippen LogP contribution < -0.4 is 5.32 Å². The van der Waals surface area contributed by atoms with Crippen molar-refractivity contribution in [1.29, 1.82) is 0 Å². The molecule has 1 aliphatic rings. The lowest BCUT2D eigenvalue weighted by Gasteiger charge is -2.35. The van der Waals surface area contributed by atoms with Gasteiger partial charge in [0, 0.05) is 25.3 Å². The summed E-state index contributed by atoms with van der Waals surface area (Å²) in [6.07, 6.45) is -3.98. The Morgan fingerprint density at radius 3 is 2.59 bits per heavy atom. The minimum Gasteiger partial charge on any atom is -0.385 e. The van der Waals surface area contributed by atoms with Crippen LogP contribution in [0.15, 0.2) is 18.2 Å². The van der Waals surface area contributed by atoms with Gasteiger partial charge in [-0.15, -0.1) is 0 Å². The van der Waals surface area contributed by atoms with Crippen molar-refractivity contribution in [2.45, 2.75) is 37.6 Å². The Labute approximate surface area is 134 Å². The lowest BCUT2D eigenvalue weighted by atomic mass is 9.92. The van der Waals surface area contributed by atoms with Gasteiger partial charge in [0.15, 0.2) is 0 Å². The minimum absolute atomic E-state index is 0. The largest absolute Gasteiger partial charge is 0.433 e. The maximum Gasteiger partial charge on any atom is 0.433 e. The van der Waals surface area contributed by atoms with E-state index in [1.165, 1.54) is 12.1 Å². The molecule has 0 spiro atoms. The molecule has 1 fully saturated rings. The summed E-state index contributed by atoms with van der Waals surface area (Å²) < 4.78 is 43.1. The van der Waals surface area contributed by atoms with Crippen LogP contribution in [0.5, 0.6) is 0 Å². The van der Waals surface area contributed by atoms with Gasteiger partial charge in [-0.25, -0.2) is 4.98 Å². The Kier molecular flexibility index (Phi) is 6.66. The Morgan fingerprint density at radius 2 is 2.00 bits per heavy atom. The molecule has 1 saturated heterocycles. The van der Waals surface area contributed by atoms with Crippen LogP contribution in [-0.2, 0) is 10.9 Å². The maximum atomic E-state index is 12.6. The van der Waals surface area contributed by atoms with Gasteiger partial charge in [-0.2, -0.15) is 26.7 Å². The van der Waals surface area contributed by atoms with Crippen molar-refractivity contribution in [3.63, 3.8) is 0 Å². The molecule has 1 atom stereocenters. The molecule has 0 aliphatic carbocycles. The molecule has 0 amide bonds. The molecule has 0 bridgehead atoms. The fourth-order valence-electron chi connectivity index (χ4n) is 2.24. The van der Waals surface area contributed by atoms with E-state index in [-0.39, 0.29) is 31.3 Å². The first-order valence-corrected chi connectivity index (χ1v) is 6.85. The predicted molar refractivity (Wildman–Crippen MR) is 81.0 cm³/mol. The van der Waals surface area contributed by atoms with Crippen molar-refractivity contribution >= 4 is 13.5 Å². The number of nitrogens with one attached hydrogen (secondary N) is 1. The van der Waals surface area contributed by atoms with E-state index in [1.54, 1.807) is 0 Å². The number of pyridine rings is 1. The number of rotatable bonds is 4. The van der Waals surface area contributed by atoms with Gasteiger partial charge in [-0.1, -0.05) is 6.07 Å². The van der Waals surface area contributed by atoms with E-state index in [0.29, 0.717) is 13.2 Å². The molecule has 0 radical (unpaired) electrons. The topological polar surface area (TPSA) is 54.4 Å². The van der Waals surface area contributed by atoms with Gasteiger partial charge in [-0.3, -0.25) is 0 Å². The molecule has 4 nitrogen and oxygen atoms in total. The van der Waals surface area contributed by atoms with Crippen LogP contribution in [0.4, 0.5) is 13.2 Å². The van der Waals surface area contributed by atoms with Crippen LogP contribution in [-0.4, -0.2) is 35.4 Å². The molecule has 2 N–H and O–H groups in total. The quantitative estimate of drug-likeness (QED) is 0.885. The molecule has 2 heterocycles. The van der Waals surface area contributed by atoms with Gasteiger partial charge in [0.2, 0.25) is 0 Å². The number of ether oxygens (including phenoxy) is 1. The Morgan fingerprint density at radius 1 is 1.36 bits per heavy atom. The van der Waals surface area contributed by atoms with E-state index in [0.717, 1.165) is 18.9 Å². The minimum atomic E-state index is -4.50. The van der Waals surface area contributed by atoms with Crippen molar-refractivity contribution in [1.82, 2.24) is 10.3 Å². The third-order valence-corrected chi connectivity index (χ3v) is 3.72. The fraction of sp³-hybridized carbons (Fsp3) is 0.643. The standard InChI is InChI=1S/C14H19F3N2O2.H2S/c1-13(5-7-21-8-6-13)18-9-11(20)10-3-2-4-12(19-10)14(15,16)17;/h2-4,11,18,20H,5-9H2,1H3;1H2/t11-;/m0./s1. The first-order valence-electron chi connectivity index (χ1n) is 6.85. The van der Waals surface area contributed by atoms with Gasteiger partial charge in [-0.05, 0) is 31.9 Å². The van der Waals surface area contributed by atoms with Crippen LogP contribution >= 0.6 is 13.5 Å². The number of hydrogen-bond donors (Lipinski definition) is 2. The number of aliphatic hydroxyl groups is 1. The van der Waals surface area contributed by atoms with Crippen molar-refractivity contribution in [2.24, 2.45) is 0 Å². The van der Waals surface area contributed by atoms with E-state index >= 15 is 0 Å². The van der Waals surface area contributed by atoms with Crippen molar-refractivity contribution in [3.05, 3.63) is 29.6 Å². The number of aromatic nitrogens is 1. The van der Waals surface area contributed by atoms with Gasteiger partial charge in [0.1, 0.15) is 11.8 Å². The SMILES string of the molecule is CC1(NC[C@H](O)c2cccc(C(F)(F)F)n2)CCOCC1.S. The number of β-amino-alcohol motifs (C(OH)–C–C–N with tert-alkyl or cyclic N) is 1. The average molecular weight is 338 g/mol. The Balaban J connectivity index is 0.00000242. The lowest BCUT2D eigenvalue weighted by molar-refractivity contribution is -0.141. The third-order valence-electron chi connectivity index (χ3n) is 3.72. The summed E-state index contributed by atoms with van der Waals surface area (Å²) in [5, 5.41) is 13.2. The van der Waals surface area contributed by atoms with Gasteiger partial charge in [0.05, 0.1) is 5.69 Å². The smallest absolute Gasteiger partial charge is 0.385 e. The van der Waals surface area contributed by atoms with E-state index < -0.39 is 18.0 Å². The monoisotopic (exact) mass is 338 g/mol. The predicted octanol–water partition coefficient (Wildman–Crippen LogP) is 2.41. The molecule has 1 aliphatic heterocycles. The highest BCUT2D eigenvalue weighted by Gasteiger charge is 2.33. The number of hydrogen-bond acceptors (Lipinski definition) is 4. The summed E-state index contributed by atoms with van der Waals surface area (Å²) in [4.78, 5) is 3.49. The second-order valence-corrected chi connectivity index (χ2v) is 5.52. The van der Waals surface area contributed by atoms with Crippen LogP contribution in [0.2, 0.25) is 0 Å². The number of halogens is 3. The molecule has 126 valence electrons. The fourth-order valence-corrected chi connectivity index (χ4v) is 2.24. The summed E-state index contributed by atoms with van der Waals surface area (Å²) in [6, 6.07) is 3.54. The maximum absolute atomic E-state index is 12.6. The molecular formula is C14H21F3N2O2S. The molecule has 0 unspecified atom stereocenters. The summed E-state index contributed by atoms with van der Waals surface area (Å²) >= 11 is 0.